The average Bonchev–Trinajstić information content (AvgIpc) is 2.71. The van der Waals surface area contributed by atoms with Gasteiger partial charge in [-0.1, -0.05) is 29.3 Å². The summed E-state index contributed by atoms with van der Waals surface area (Å²) in [5, 5.41) is 0.379. The zero-order valence-electron chi connectivity index (χ0n) is 16.9. The van der Waals surface area contributed by atoms with Crippen molar-refractivity contribution in [3.63, 3.8) is 0 Å². The van der Waals surface area contributed by atoms with Crippen LogP contribution < -0.4 is 9.21 Å². The maximum Gasteiger partial charge on any atom is 0.416 e. The molecule has 0 aromatic heterocycles. The summed E-state index contributed by atoms with van der Waals surface area (Å²) in [5.74, 6) is -0.533. The molecule has 32 heavy (non-hydrogen) atoms. The van der Waals surface area contributed by atoms with Crippen molar-refractivity contribution in [2.24, 2.45) is 0 Å². The number of halogens is 5. The number of sulfonamides is 1. The highest BCUT2D eigenvalue weighted by atomic mass is 35.5. The second-order valence-electron chi connectivity index (χ2n) is 7.28. The van der Waals surface area contributed by atoms with E-state index in [9.17, 15) is 26.4 Å². The Morgan fingerprint density at radius 1 is 1.06 bits per heavy atom. The van der Waals surface area contributed by atoms with Gasteiger partial charge in [-0.05, 0) is 36.4 Å². The minimum absolute atomic E-state index is 0.206. The van der Waals surface area contributed by atoms with Gasteiger partial charge in [-0.2, -0.15) is 13.2 Å². The second-order valence-corrected chi connectivity index (χ2v) is 10.0. The topological polar surface area (TPSA) is 60.9 Å². The lowest BCUT2D eigenvalue weighted by Gasteiger charge is -2.37. The molecule has 0 radical (unpaired) electrons. The normalized spacial score (nSPS) is 15.1. The van der Waals surface area contributed by atoms with Crippen molar-refractivity contribution < 1.29 is 26.4 Å². The van der Waals surface area contributed by atoms with E-state index < -0.39 is 39.9 Å². The van der Waals surface area contributed by atoms with Crippen LogP contribution in [0, 0.1) is 0 Å². The fraction of sp³-hybridized carbons (Fsp3) is 0.350. The monoisotopic (exact) mass is 509 g/mol. The number of benzene rings is 2. The number of hydrogen-bond donors (Lipinski definition) is 0. The minimum atomic E-state index is -4.69. The van der Waals surface area contributed by atoms with Crippen LogP contribution in [0.5, 0.6) is 0 Å². The van der Waals surface area contributed by atoms with E-state index in [1.807, 2.05) is 17.0 Å². The largest absolute Gasteiger partial charge is 0.416 e. The first kappa shape index (κ1) is 24.5. The zero-order chi connectivity index (χ0) is 23.7. The van der Waals surface area contributed by atoms with Crippen LogP contribution in [0.3, 0.4) is 0 Å². The number of rotatable bonds is 5. The van der Waals surface area contributed by atoms with Crippen LogP contribution >= 0.6 is 23.2 Å². The molecule has 2 aromatic carbocycles. The lowest BCUT2D eigenvalue weighted by atomic mass is 10.2. The molecule has 174 valence electrons. The number of nitrogens with zero attached hydrogens (tertiary/aromatic N) is 3. The summed E-state index contributed by atoms with van der Waals surface area (Å²) in [6.07, 6.45) is -3.88. The average molecular weight is 510 g/mol. The Bertz CT molecular complexity index is 1100. The van der Waals surface area contributed by atoms with E-state index >= 15 is 0 Å². The molecular formula is C20H20Cl2F3N3O3S. The third-order valence-electron chi connectivity index (χ3n) is 5.03. The number of amides is 1. The zero-order valence-corrected chi connectivity index (χ0v) is 19.3. The summed E-state index contributed by atoms with van der Waals surface area (Å²) < 4.78 is 64.6. The molecule has 0 N–H and O–H groups in total. The molecule has 0 unspecified atom stereocenters. The summed E-state index contributed by atoms with van der Waals surface area (Å²) in [7, 11) is -4.09. The molecule has 0 atom stereocenters. The molecule has 1 heterocycles. The van der Waals surface area contributed by atoms with Crippen molar-refractivity contribution in [3.8, 4) is 0 Å². The van der Waals surface area contributed by atoms with Gasteiger partial charge in [0.1, 0.15) is 6.54 Å². The van der Waals surface area contributed by atoms with E-state index in [0.29, 0.717) is 41.6 Å². The van der Waals surface area contributed by atoms with Crippen LogP contribution in [0.25, 0.3) is 0 Å². The Morgan fingerprint density at radius 2 is 1.72 bits per heavy atom. The van der Waals surface area contributed by atoms with Gasteiger partial charge in [0.25, 0.3) is 0 Å². The maximum atomic E-state index is 13.1. The first-order valence-electron chi connectivity index (χ1n) is 9.49. The van der Waals surface area contributed by atoms with Crippen LogP contribution in [0.2, 0.25) is 10.0 Å². The van der Waals surface area contributed by atoms with Gasteiger partial charge >= 0.3 is 6.18 Å². The maximum absolute atomic E-state index is 13.1. The fourth-order valence-electron chi connectivity index (χ4n) is 3.37. The molecule has 1 saturated heterocycles. The van der Waals surface area contributed by atoms with Gasteiger partial charge in [0, 0.05) is 36.9 Å². The SMILES string of the molecule is CS(=O)(=O)N(CC(=O)N1CCN(c2cccc(Cl)c2)CC1)c1cc(C(F)(F)F)ccc1Cl. The molecule has 0 saturated carbocycles. The molecule has 3 rings (SSSR count). The molecule has 1 amide bonds. The third-order valence-corrected chi connectivity index (χ3v) is 6.71. The first-order chi connectivity index (χ1) is 14.9. The van der Waals surface area contributed by atoms with Crippen LogP contribution in [0.4, 0.5) is 24.5 Å². The van der Waals surface area contributed by atoms with Gasteiger partial charge in [0.15, 0.2) is 0 Å². The van der Waals surface area contributed by atoms with Gasteiger partial charge in [-0.3, -0.25) is 9.10 Å². The summed E-state index contributed by atoms with van der Waals surface area (Å²) in [5.41, 5.74) is -0.554. The fourth-order valence-corrected chi connectivity index (χ4v) is 4.68. The Labute approximate surface area is 194 Å². The molecule has 12 heteroatoms. The molecular weight excluding hydrogens is 490 g/mol. The molecule has 2 aromatic rings. The van der Waals surface area contributed by atoms with Crippen molar-refractivity contribution in [2.45, 2.75) is 6.18 Å². The third kappa shape index (κ3) is 5.79. The highest BCUT2D eigenvalue weighted by Gasteiger charge is 2.33. The molecule has 0 aliphatic carbocycles. The van der Waals surface area contributed by atoms with Crippen molar-refractivity contribution in [2.75, 3.05) is 48.2 Å². The van der Waals surface area contributed by atoms with Crippen molar-refractivity contribution in [1.82, 2.24) is 4.90 Å². The smallest absolute Gasteiger partial charge is 0.368 e. The Balaban J connectivity index is 1.76. The van der Waals surface area contributed by atoms with Gasteiger partial charge in [0.05, 0.1) is 22.5 Å². The van der Waals surface area contributed by atoms with Crippen LogP contribution in [0.1, 0.15) is 5.56 Å². The van der Waals surface area contributed by atoms with Crippen LogP contribution in [0.15, 0.2) is 42.5 Å². The number of carbonyl (C=O) groups excluding carboxylic acids is 1. The predicted molar refractivity (Wildman–Crippen MR) is 119 cm³/mol. The summed E-state index contributed by atoms with van der Waals surface area (Å²) in [6, 6.07) is 9.62. The van der Waals surface area contributed by atoms with Gasteiger partial charge in [0.2, 0.25) is 15.9 Å². The lowest BCUT2D eigenvalue weighted by molar-refractivity contribution is -0.137. The summed E-state index contributed by atoms with van der Waals surface area (Å²) >= 11 is 12.0. The molecule has 1 fully saturated rings. The standard InChI is InChI=1S/C20H20Cl2F3N3O3S/c1-32(30,31)28(18-11-14(20(23,24)25)5-6-17(18)22)13-19(29)27-9-7-26(8-10-27)16-4-2-3-15(21)12-16/h2-6,11-12H,7-10,13H2,1H3. The molecule has 0 bridgehead atoms. The number of anilines is 2. The minimum Gasteiger partial charge on any atom is -0.368 e. The molecule has 6 nitrogen and oxygen atoms in total. The van der Waals surface area contributed by atoms with Gasteiger partial charge < -0.3 is 9.80 Å². The van der Waals surface area contributed by atoms with Crippen LogP contribution in [-0.2, 0) is 21.0 Å². The Kier molecular flexibility index (Phi) is 7.16. The first-order valence-corrected chi connectivity index (χ1v) is 12.1. The van der Waals surface area contributed by atoms with E-state index in [0.717, 1.165) is 24.1 Å². The lowest BCUT2D eigenvalue weighted by Crippen LogP contribution is -2.52. The number of piperazine rings is 1. The highest BCUT2D eigenvalue weighted by molar-refractivity contribution is 7.92. The number of alkyl halides is 3. The number of carbonyl (C=O) groups is 1. The van der Waals surface area contributed by atoms with Crippen LogP contribution in [-0.4, -0.2) is 58.2 Å². The quantitative estimate of drug-likeness (QED) is 0.607. The predicted octanol–water partition coefficient (Wildman–Crippen LogP) is 4.13. The Hall–Kier alpha value is -2.17. The van der Waals surface area contributed by atoms with Gasteiger partial charge in [-0.25, -0.2) is 8.42 Å². The van der Waals surface area contributed by atoms with E-state index in [1.165, 1.54) is 4.90 Å². The number of hydrogen-bond acceptors (Lipinski definition) is 4. The highest BCUT2D eigenvalue weighted by Crippen LogP contribution is 2.36. The van der Waals surface area contributed by atoms with Crippen molar-refractivity contribution in [3.05, 3.63) is 58.1 Å². The molecule has 1 aliphatic rings. The summed E-state index contributed by atoms with van der Waals surface area (Å²) in [6.45, 7) is 0.972. The van der Waals surface area contributed by atoms with Crippen molar-refractivity contribution >= 4 is 50.5 Å². The molecule has 1 aliphatic heterocycles. The summed E-state index contributed by atoms with van der Waals surface area (Å²) in [4.78, 5) is 16.3. The van der Waals surface area contributed by atoms with E-state index in [-0.39, 0.29) is 5.02 Å². The second kappa shape index (κ2) is 9.36. The van der Waals surface area contributed by atoms with Crippen molar-refractivity contribution in [1.29, 1.82) is 0 Å². The van der Waals surface area contributed by atoms with Gasteiger partial charge in [-0.15, -0.1) is 0 Å². The van der Waals surface area contributed by atoms with E-state index in [1.54, 1.807) is 12.1 Å². The van der Waals surface area contributed by atoms with E-state index in [4.69, 9.17) is 23.2 Å². The van der Waals surface area contributed by atoms with E-state index in [2.05, 4.69) is 0 Å². The Morgan fingerprint density at radius 3 is 2.28 bits per heavy atom. The molecule has 0 spiro atoms.